The van der Waals surface area contributed by atoms with Crippen LogP contribution in [0.3, 0.4) is 0 Å². The average molecular weight is 311 g/mol. The molecule has 15 heavy (non-hydrogen) atoms. The first-order chi connectivity index (χ1) is 7.27. The maximum absolute atomic E-state index is 4.18. The van der Waals surface area contributed by atoms with Gasteiger partial charge in [0.25, 0.3) is 0 Å². The highest BCUT2D eigenvalue weighted by Crippen LogP contribution is 2.21. The maximum Gasteiger partial charge on any atom is 0.147 e. The molecule has 1 aromatic carbocycles. The van der Waals surface area contributed by atoms with Crippen molar-refractivity contribution < 1.29 is 0 Å². The first-order valence-corrected chi connectivity index (χ1v) is 5.63. The molecule has 1 N–H and O–H groups in total. The molecule has 1 aromatic heterocycles. The number of benzene rings is 1. The number of aromatic nitrogens is 2. The summed E-state index contributed by atoms with van der Waals surface area (Å²) in [6.45, 7) is 2.07. The topological polar surface area (TPSA) is 37.8 Å². The fourth-order valence-corrected chi connectivity index (χ4v) is 1.68. The number of aryl methyl sites for hydroxylation is 1. The van der Waals surface area contributed by atoms with E-state index in [-0.39, 0.29) is 0 Å². The molecule has 0 atom stereocenters. The zero-order valence-corrected chi connectivity index (χ0v) is 10.4. The molecule has 2 aromatic rings. The summed E-state index contributed by atoms with van der Waals surface area (Å²) in [5.74, 6) is 0.847. The van der Waals surface area contributed by atoms with Crippen LogP contribution in [-0.4, -0.2) is 9.97 Å². The standard InChI is InChI=1S/C11H10IN3/c1-8-4-2-3-5-10(8)15-11-9(12)6-13-7-14-11/h2-7H,1H3,(H,13,14,15). The van der Waals surface area contributed by atoms with Crippen LogP contribution in [0.25, 0.3) is 0 Å². The molecule has 0 bridgehead atoms. The van der Waals surface area contributed by atoms with Crippen LogP contribution in [0, 0.1) is 10.5 Å². The minimum Gasteiger partial charge on any atom is -0.339 e. The van der Waals surface area contributed by atoms with E-state index in [0.717, 1.165) is 15.1 Å². The SMILES string of the molecule is Cc1ccccc1Nc1ncncc1I. The van der Waals surface area contributed by atoms with Crippen LogP contribution in [0.4, 0.5) is 11.5 Å². The summed E-state index contributed by atoms with van der Waals surface area (Å²) in [5, 5.41) is 3.28. The van der Waals surface area contributed by atoms with Gasteiger partial charge >= 0.3 is 0 Å². The summed E-state index contributed by atoms with van der Waals surface area (Å²) in [4.78, 5) is 8.14. The van der Waals surface area contributed by atoms with Crippen LogP contribution in [0.15, 0.2) is 36.8 Å². The fraction of sp³-hybridized carbons (Fsp3) is 0.0909. The van der Waals surface area contributed by atoms with Gasteiger partial charge in [-0.15, -0.1) is 0 Å². The number of nitrogens with zero attached hydrogens (tertiary/aromatic N) is 2. The van der Waals surface area contributed by atoms with Gasteiger partial charge < -0.3 is 5.32 Å². The lowest BCUT2D eigenvalue weighted by Crippen LogP contribution is -1.98. The molecule has 0 aliphatic rings. The van der Waals surface area contributed by atoms with E-state index in [2.05, 4.69) is 50.9 Å². The maximum atomic E-state index is 4.18. The van der Waals surface area contributed by atoms with Gasteiger partial charge in [0, 0.05) is 11.9 Å². The Kier molecular flexibility index (Phi) is 3.15. The molecule has 3 nitrogen and oxygen atoms in total. The number of hydrogen-bond acceptors (Lipinski definition) is 3. The van der Waals surface area contributed by atoms with Crippen molar-refractivity contribution in [3.8, 4) is 0 Å². The zero-order chi connectivity index (χ0) is 10.7. The first-order valence-electron chi connectivity index (χ1n) is 4.55. The number of halogens is 1. The Hall–Kier alpha value is -1.17. The average Bonchev–Trinajstić information content (AvgIpc) is 2.24. The van der Waals surface area contributed by atoms with Gasteiger partial charge in [-0.3, -0.25) is 0 Å². The number of nitrogens with one attached hydrogen (secondary N) is 1. The minimum atomic E-state index is 0.847. The molecule has 0 unspecified atom stereocenters. The Balaban J connectivity index is 2.30. The van der Waals surface area contributed by atoms with Gasteiger partial charge in [0.2, 0.25) is 0 Å². The molecule has 4 heteroatoms. The van der Waals surface area contributed by atoms with Crippen molar-refractivity contribution in [3.05, 3.63) is 45.9 Å². The largest absolute Gasteiger partial charge is 0.339 e. The summed E-state index contributed by atoms with van der Waals surface area (Å²) in [6, 6.07) is 8.12. The van der Waals surface area contributed by atoms with Gasteiger partial charge in [0.05, 0.1) is 3.57 Å². The second-order valence-electron chi connectivity index (χ2n) is 3.16. The van der Waals surface area contributed by atoms with Crippen molar-refractivity contribution in [2.24, 2.45) is 0 Å². The quantitative estimate of drug-likeness (QED) is 0.866. The Morgan fingerprint density at radius 1 is 1.27 bits per heavy atom. The van der Waals surface area contributed by atoms with Crippen LogP contribution in [0.2, 0.25) is 0 Å². The Morgan fingerprint density at radius 3 is 2.80 bits per heavy atom. The Morgan fingerprint density at radius 2 is 2.07 bits per heavy atom. The van der Waals surface area contributed by atoms with Crippen molar-refractivity contribution >= 4 is 34.1 Å². The summed E-state index contributed by atoms with van der Waals surface area (Å²) >= 11 is 2.21. The van der Waals surface area contributed by atoms with E-state index >= 15 is 0 Å². The molecular weight excluding hydrogens is 301 g/mol. The van der Waals surface area contributed by atoms with Crippen molar-refractivity contribution in [3.63, 3.8) is 0 Å². The van der Waals surface area contributed by atoms with Crippen LogP contribution >= 0.6 is 22.6 Å². The lowest BCUT2D eigenvalue weighted by Gasteiger charge is -2.08. The van der Waals surface area contributed by atoms with Gasteiger partial charge in [-0.05, 0) is 41.1 Å². The second kappa shape index (κ2) is 4.57. The number of hydrogen-bond donors (Lipinski definition) is 1. The van der Waals surface area contributed by atoms with E-state index in [0.29, 0.717) is 0 Å². The summed E-state index contributed by atoms with van der Waals surface area (Å²) in [6.07, 6.45) is 3.33. The van der Waals surface area contributed by atoms with E-state index in [1.807, 2.05) is 18.2 Å². The lowest BCUT2D eigenvalue weighted by molar-refractivity contribution is 1.15. The highest BCUT2D eigenvalue weighted by molar-refractivity contribution is 14.1. The Bertz CT molecular complexity index is 427. The van der Waals surface area contributed by atoms with E-state index in [9.17, 15) is 0 Å². The lowest BCUT2D eigenvalue weighted by atomic mass is 10.2. The molecule has 0 amide bonds. The number of para-hydroxylation sites is 1. The molecule has 0 saturated carbocycles. The summed E-state index contributed by atoms with van der Waals surface area (Å²) in [5.41, 5.74) is 2.28. The van der Waals surface area contributed by atoms with E-state index in [1.165, 1.54) is 5.56 Å². The third-order valence-corrected chi connectivity index (χ3v) is 2.86. The monoisotopic (exact) mass is 311 g/mol. The third kappa shape index (κ3) is 2.44. The normalized spacial score (nSPS) is 10.0. The molecule has 0 aliphatic carbocycles. The molecule has 0 fully saturated rings. The molecule has 76 valence electrons. The van der Waals surface area contributed by atoms with Gasteiger partial charge in [-0.1, -0.05) is 18.2 Å². The van der Waals surface area contributed by atoms with Crippen molar-refractivity contribution in [2.45, 2.75) is 6.92 Å². The van der Waals surface area contributed by atoms with Crippen LogP contribution in [-0.2, 0) is 0 Å². The van der Waals surface area contributed by atoms with Gasteiger partial charge in [-0.25, -0.2) is 9.97 Å². The van der Waals surface area contributed by atoms with E-state index in [4.69, 9.17) is 0 Å². The predicted octanol–water partition coefficient (Wildman–Crippen LogP) is 3.13. The molecular formula is C11H10IN3. The highest BCUT2D eigenvalue weighted by atomic mass is 127. The number of anilines is 2. The molecule has 0 saturated heterocycles. The smallest absolute Gasteiger partial charge is 0.147 e. The van der Waals surface area contributed by atoms with Gasteiger partial charge in [0.15, 0.2) is 0 Å². The van der Waals surface area contributed by atoms with Gasteiger partial charge in [0.1, 0.15) is 12.1 Å². The van der Waals surface area contributed by atoms with Crippen molar-refractivity contribution in [1.82, 2.24) is 9.97 Å². The predicted molar refractivity (Wildman–Crippen MR) is 69.2 cm³/mol. The summed E-state index contributed by atoms with van der Waals surface area (Å²) < 4.78 is 1.01. The highest BCUT2D eigenvalue weighted by Gasteiger charge is 2.02. The van der Waals surface area contributed by atoms with Crippen LogP contribution < -0.4 is 5.32 Å². The van der Waals surface area contributed by atoms with Gasteiger partial charge in [-0.2, -0.15) is 0 Å². The Labute approximate surface area is 102 Å². The first kappa shape index (κ1) is 10.4. The van der Waals surface area contributed by atoms with E-state index < -0.39 is 0 Å². The van der Waals surface area contributed by atoms with Crippen molar-refractivity contribution in [1.29, 1.82) is 0 Å². The molecule has 0 radical (unpaired) electrons. The fourth-order valence-electron chi connectivity index (χ4n) is 1.25. The molecule has 0 aliphatic heterocycles. The third-order valence-electron chi connectivity index (χ3n) is 2.07. The second-order valence-corrected chi connectivity index (χ2v) is 4.32. The molecule has 2 rings (SSSR count). The summed E-state index contributed by atoms with van der Waals surface area (Å²) in [7, 11) is 0. The zero-order valence-electron chi connectivity index (χ0n) is 8.24. The van der Waals surface area contributed by atoms with Crippen LogP contribution in [0.5, 0.6) is 0 Å². The minimum absolute atomic E-state index is 0.847. The van der Waals surface area contributed by atoms with Crippen molar-refractivity contribution in [2.75, 3.05) is 5.32 Å². The van der Waals surface area contributed by atoms with E-state index in [1.54, 1.807) is 12.5 Å². The number of rotatable bonds is 2. The molecule has 0 spiro atoms. The molecule has 1 heterocycles. The van der Waals surface area contributed by atoms with Crippen LogP contribution in [0.1, 0.15) is 5.56 Å².